The van der Waals surface area contributed by atoms with Crippen LogP contribution in [0.15, 0.2) is 11.2 Å². The zero-order valence-electron chi connectivity index (χ0n) is 4.53. The van der Waals surface area contributed by atoms with Gasteiger partial charge >= 0.3 is 0 Å². The largest absolute Gasteiger partial charge is 0.511 e. The molecule has 0 fully saturated rings. The Morgan fingerprint density at radius 3 is 2.62 bits per heavy atom. The van der Waals surface area contributed by atoms with Crippen LogP contribution in [0.4, 0.5) is 0 Å². The van der Waals surface area contributed by atoms with Crippen molar-refractivity contribution in [1.29, 1.82) is 0 Å². The highest BCUT2D eigenvalue weighted by Gasteiger charge is 2.22. The second-order valence-electron chi connectivity index (χ2n) is 1.83. The Hall–Kier alpha value is 0.240. The van der Waals surface area contributed by atoms with Crippen molar-refractivity contribution < 1.29 is 5.11 Å². The topological polar surface area (TPSA) is 20.2 Å². The molecule has 0 amide bonds. The Balaban J connectivity index is 2.59. The maximum atomic E-state index is 8.93. The zero-order valence-corrected chi connectivity index (χ0v) is 6.25. The van der Waals surface area contributed by atoms with Crippen LogP contribution in [0.5, 0.6) is 0 Å². The van der Waals surface area contributed by atoms with Crippen molar-refractivity contribution in [3.63, 3.8) is 0 Å². The number of aliphatic hydroxyl groups is 1. The lowest BCUT2D eigenvalue weighted by Crippen LogP contribution is -2.09. The minimum Gasteiger partial charge on any atom is -0.511 e. The van der Waals surface area contributed by atoms with Crippen LogP contribution in [0.2, 0.25) is 0 Å². The van der Waals surface area contributed by atoms with Gasteiger partial charge in [-0.2, -0.15) is 12.6 Å². The highest BCUT2D eigenvalue weighted by Crippen LogP contribution is 2.31. The molecular formula is C5H8OS2. The van der Waals surface area contributed by atoms with Gasteiger partial charge in [0.25, 0.3) is 0 Å². The smallest absolute Gasteiger partial charge is 0.112 e. The molecule has 2 atom stereocenters. The Kier molecular flexibility index (Phi) is 1.77. The summed E-state index contributed by atoms with van der Waals surface area (Å²) in [5.74, 6) is 0.408. The fourth-order valence-electron chi connectivity index (χ4n) is 0.562. The van der Waals surface area contributed by atoms with Gasteiger partial charge in [-0.25, -0.2) is 0 Å². The van der Waals surface area contributed by atoms with E-state index in [1.165, 1.54) is 0 Å². The first-order valence-corrected chi connectivity index (χ1v) is 3.90. The van der Waals surface area contributed by atoms with Crippen molar-refractivity contribution in [2.75, 3.05) is 0 Å². The van der Waals surface area contributed by atoms with Crippen molar-refractivity contribution in [1.82, 2.24) is 0 Å². The van der Waals surface area contributed by atoms with Crippen LogP contribution in [0.3, 0.4) is 0 Å². The quantitative estimate of drug-likeness (QED) is 0.511. The summed E-state index contributed by atoms with van der Waals surface area (Å²) in [5, 5.41) is 11.2. The monoisotopic (exact) mass is 148 g/mol. The lowest BCUT2D eigenvalue weighted by atomic mass is 10.3. The van der Waals surface area contributed by atoms with E-state index in [2.05, 4.69) is 12.6 Å². The molecule has 1 rings (SSSR count). The van der Waals surface area contributed by atoms with Crippen molar-refractivity contribution in [2.45, 2.75) is 17.4 Å². The van der Waals surface area contributed by atoms with Crippen molar-refractivity contribution in [3.8, 4) is 0 Å². The van der Waals surface area contributed by atoms with Gasteiger partial charge in [-0.15, -0.1) is 11.8 Å². The van der Waals surface area contributed by atoms with E-state index in [-0.39, 0.29) is 5.25 Å². The summed E-state index contributed by atoms with van der Waals surface area (Å²) in [5.41, 5.74) is 0. The molecule has 46 valence electrons. The normalized spacial score (nSPS) is 37.5. The maximum absolute atomic E-state index is 8.93. The molecule has 1 nitrogen and oxygen atoms in total. The van der Waals surface area contributed by atoms with E-state index >= 15 is 0 Å². The molecule has 0 spiro atoms. The van der Waals surface area contributed by atoms with E-state index in [1.54, 1.807) is 17.2 Å². The summed E-state index contributed by atoms with van der Waals surface area (Å²) in [6.07, 6.45) is 0. The predicted octanol–water partition coefficient (Wildman–Crippen LogP) is 1.82. The molecular weight excluding hydrogens is 140 g/mol. The number of hydrogen-bond donors (Lipinski definition) is 2. The number of thioether (sulfide) groups is 1. The summed E-state index contributed by atoms with van der Waals surface area (Å²) in [6, 6.07) is 0. The molecule has 0 aromatic heterocycles. The first-order valence-electron chi connectivity index (χ1n) is 2.44. The second kappa shape index (κ2) is 2.23. The first kappa shape index (κ1) is 6.36. The van der Waals surface area contributed by atoms with Gasteiger partial charge in [0.15, 0.2) is 0 Å². The molecule has 1 aliphatic rings. The standard InChI is InChI=1S/C5H8OS2/c1-3-5(7)4(6)2-8-3/h2-3,5-7H,1H3. The second-order valence-corrected chi connectivity index (χ2v) is 3.64. The summed E-state index contributed by atoms with van der Waals surface area (Å²) in [4.78, 5) is 0. The highest BCUT2D eigenvalue weighted by molar-refractivity contribution is 8.03. The number of thiol groups is 1. The SMILES string of the molecule is CC1SC=C(O)C1S. The van der Waals surface area contributed by atoms with Crippen LogP contribution in [0, 0.1) is 0 Å². The number of rotatable bonds is 0. The summed E-state index contributed by atoms with van der Waals surface area (Å²) in [6.45, 7) is 2.04. The minimum absolute atomic E-state index is 0.0556. The van der Waals surface area contributed by atoms with Crippen LogP contribution in [0.25, 0.3) is 0 Å². The van der Waals surface area contributed by atoms with Gasteiger partial charge in [0.1, 0.15) is 5.76 Å². The molecule has 0 radical (unpaired) electrons. The van der Waals surface area contributed by atoms with E-state index in [9.17, 15) is 0 Å². The van der Waals surface area contributed by atoms with Gasteiger partial charge in [0, 0.05) is 10.7 Å². The minimum atomic E-state index is 0.0556. The molecule has 2 unspecified atom stereocenters. The molecule has 0 aliphatic carbocycles. The van der Waals surface area contributed by atoms with Crippen LogP contribution < -0.4 is 0 Å². The zero-order chi connectivity index (χ0) is 6.15. The van der Waals surface area contributed by atoms with E-state index in [1.807, 2.05) is 6.92 Å². The third-order valence-electron chi connectivity index (χ3n) is 1.15. The van der Waals surface area contributed by atoms with Crippen LogP contribution in [0.1, 0.15) is 6.92 Å². The molecule has 0 saturated heterocycles. The molecule has 1 aliphatic heterocycles. The van der Waals surface area contributed by atoms with E-state index in [0.717, 1.165) is 0 Å². The molecule has 0 aromatic carbocycles. The van der Waals surface area contributed by atoms with Crippen molar-refractivity contribution in [2.24, 2.45) is 0 Å². The molecule has 0 aromatic rings. The Bertz CT molecular complexity index is 122. The molecule has 8 heavy (non-hydrogen) atoms. The van der Waals surface area contributed by atoms with Crippen molar-refractivity contribution in [3.05, 3.63) is 11.2 Å². The number of aliphatic hydroxyl groups excluding tert-OH is 1. The van der Waals surface area contributed by atoms with E-state index in [0.29, 0.717) is 11.0 Å². The predicted molar refractivity (Wildman–Crippen MR) is 40.5 cm³/mol. The fraction of sp³-hybridized carbons (Fsp3) is 0.600. The number of hydrogen-bond acceptors (Lipinski definition) is 3. The highest BCUT2D eigenvalue weighted by atomic mass is 32.2. The Morgan fingerprint density at radius 2 is 2.50 bits per heavy atom. The van der Waals surface area contributed by atoms with Crippen LogP contribution >= 0.6 is 24.4 Å². The van der Waals surface area contributed by atoms with Crippen LogP contribution in [-0.2, 0) is 0 Å². The van der Waals surface area contributed by atoms with Gasteiger partial charge in [0.05, 0.1) is 5.25 Å². The molecule has 1 heterocycles. The molecule has 1 N–H and O–H groups in total. The van der Waals surface area contributed by atoms with Gasteiger partial charge in [-0.3, -0.25) is 0 Å². The van der Waals surface area contributed by atoms with E-state index < -0.39 is 0 Å². The summed E-state index contributed by atoms with van der Waals surface area (Å²) < 4.78 is 0. The fourth-order valence-corrected chi connectivity index (χ4v) is 1.74. The lowest BCUT2D eigenvalue weighted by molar-refractivity contribution is 0.399. The summed E-state index contributed by atoms with van der Waals surface area (Å²) >= 11 is 5.77. The molecule has 0 bridgehead atoms. The average molecular weight is 148 g/mol. The van der Waals surface area contributed by atoms with Gasteiger partial charge in [-0.1, -0.05) is 6.92 Å². The third kappa shape index (κ3) is 0.977. The van der Waals surface area contributed by atoms with E-state index in [4.69, 9.17) is 5.11 Å². The first-order chi connectivity index (χ1) is 3.72. The Labute approximate surface area is 58.6 Å². The van der Waals surface area contributed by atoms with Gasteiger partial charge in [-0.05, 0) is 0 Å². The van der Waals surface area contributed by atoms with Gasteiger partial charge < -0.3 is 5.11 Å². The van der Waals surface area contributed by atoms with Crippen molar-refractivity contribution >= 4 is 24.4 Å². The third-order valence-corrected chi connectivity index (χ3v) is 3.14. The maximum Gasteiger partial charge on any atom is 0.112 e. The average Bonchev–Trinajstić information content (AvgIpc) is 1.98. The van der Waals surface area contributed by atoms with Gasteiger partial charge in [0.2, 0.25) is 0 Å². The Morgan fingerprint density at radius 1 is 1.88 bits per heavy atom. The summed E-state index contributed by atoms with van der Waals surface area (Å²) in [7, 11) is 0. The molecule has 0 saturated carbocycles. The molecule has 3 heteroatoms. The van der Waals surface area contributed by atoms with Crippen LogP contribution in [-0.4, -0.2) is 15.6 Å². The lowest BCUT2D eigenvalue weighted by Gasteiger charge is -2.05.